The number of carbonyl (C=O) groups excluding carboxylic acids is 2. The van der Waals surface area contributed by atoms with Gasteiger partial charge in [-0.15, -0.1) is 0 Å². The lowest BCUT2D eigenvalue weighted by molar-refractivity contribution is -0.139. The number of furan rings is 1. The van der Waals surface area contributed by atoms with Gasteiger partial charge in [0.05, 0.1) is 11.2 Å². The summed E-state index contributed by atoms with van der Waals surface area (Å²) in [6.45, 7) is 3.56. The fraction of sp³-hybridized carbons (Fsp3) is 0.294. The van der Waals surface area contributed by atoms with Gasteiger partial charge in [-0.1, -0.05) is 17.7 Å². The second-order valence-electron chi connectivity index (χ2n) is 5.43. The molecule has 7 nitrogen and oxygen atoms in total. The van der Waals surface area contributed by atoms with E-state index in [9.17, 15) is 18.0 Å². The van der Waals surface area contributed by atoms with Crippen LogP contribution < -0.4 is 10.6 Å². The van der Waals surface area contributed by atoms with Crippen molar-refractivity contribution in [2.24, 2.45) is 0 Å². The summed E-state index contributed by atoms with van der Waals surface area (Å²) in [4.78, 5) is 23.4. The zero-order valence-electron chi connectivity index (χ0n) is 14.0. The number of carbonyl (C=O) groups is 2. The van der Waals surface area contributed by atoms with E-state index in [0.29, 0.717) is 6.54 Å². The molecule has 2 amide bonds. The molecule has 1 aromatic heterocycles. The second-order valence-corrected chi connectivity index (χ2v) is 7.56. The Balaban J connectivity index is 2.26. The summed E-state index contributed by atoms with van der Waals surface area (Å²) in [5.41, 5.74) is 0.929. The Labute approximate surface area is 146 Å². The minimum atomic E-state index is -3.81. The van der Waals surface area contributed by atoms with E-state index >= 15 is 0 Å². The molecule has 0 aliphatic heterocycles. The monoisotopic (exact) mass is 364 g/mol. The number of benzene rings is 1. The summed E-state index contributed by atoms with van der Waals surface area (Å²) in [5, 5.41) is 3.57. The van der Waals surface area contributed by atoms with Crippen molar-refractivity contribution in [1.29, 1.82) is 0 Å². The highest BCUT2D eigenvalue weighted by Crippen LogP contribution is 2.29. The Bertz CT molecular complexity index is 826. The van der Waals surface area contributed by atoms with Crippen molar-refractivity contribution in [3.8, 4) is 0 Å². The fourth-order valence-corrected chi connectivity index (χ4v) is 3.82. The number of nitrogens with one attached hydrogen (secondary N) is 2. The Morgan fingerprint density at radius 2 is 1.72 bits per heavy atom. The minimum absolute atomic E-state index is 0.117. The first kappa shape index (κ1) is 18.7. The van der Waals surface area contributed by atoms with Crippen LogP contribution in [0.2, 0.25) is 0 Å². The van der Waals surface area contributed by atoms with Crippen molar-refractivity contribution in [2.45, 2.75) is 24.0 Å². The third kappa shape index (κ3) is 4.48. The zero-order chi connectivity index (χ0) is 18.4. The van der Waals surface area contributed by atoms with E-state index in [1.54, 1.807) is 25.1 Å². The summed E-state index contributed by atoms with van der Waals surface area (Å²) < 4.78 is 31.1. The molecule has 8 heteroatoms. The fourth-order valence-electron chi connectivity index (χ4n) is 2.24. The van der Waals surface area contributed by atoms with Crippen molar-refractivity contribution in [1.82, 2.24) is 10.6 Å². The van der Waals surface area contributed by atoms with Crippen LogP contribution in [0.3, 0.4) is 0 Å². The van der Waals surface area contributed by atoms with E-state index in [-0.39, 0.29) is 17.2 Å². The first-order valence-electron chi connectivity index (χ1n) is 7.76. The van der Waals surface area contributed by atoms with Crippen molar-refractivity contribution in [2.75, 3.05) is 13.1 Å². The molecule has 1 aromatic carbocycles. The maximum atomic E-state index is 12.9. The third-order valence-corrected chi connectivity index (χ3v) is 5.65. The van der Waals surface area contributed by atoms with Crippen LogP contribution in [0.15, 0.2) is 52.0 Å². The predicted molar refractivity (Wildman–Crippen MR) is 91.5 cm³/mol. The van der Waals surface area contributed by atoms with Gasteiger partial charge in [-0.05, 0) is 38.1 Å². The lowest BCUT2D eigenvalue weighted by Gasteiger charge is -2.16. The van der Waals surface area contributed by atoms with Crippen LogP contribution in [0.4, 0.5) is 0 Å². The van der Waals surface area contributed by atoms with Crippen LogP contribution in [0, 0.1) is 6.92 Å². The summed E-state index contributed by atoms with van der Waals surface area (Å²) in [5.74, 6) is -1.51. The van der Waals surface area contributed by atoms with E-state index in [4.69, 9.17) is 4.42 Å². The van der Waals surface area contributed by atoms with Crippen LogP contribution in [0.5, 0.6) is 0 Å². The van der Waals surface area contributed by atoms with Crippen molar-refractivity contribution in [3.63, 3.8) is 0 Å². The Kier molecular flexibility index (Phi) is 5.97. The van der Waals surface area contributed by atoms with Gasteiger partial charge in [0.15, 0.2) is 9.84 Å². The SMILES string of the molecule is CCNC(=O)C(=O)NC[C@H](c1ccco1)S(=O)(=O)c1ccc(C)cc1. The van der Waals surface area contributed by atoms with Crippen LogP contribution in [-0.2, 0) is 19.4 Å². The van der Waals surface area contributed by atoms with Gasteiger partial charge < -0.3 is 15.1 Å². The summed E-state index contributed by atoms with van der Waals surface area (Å²) in [6.07, 6.45) is 1.36. The van der Waals surface area contributed by atoms with E-state index in [0.717, 1.165) is 5.56 Å². The number of hydrogen-bond acceptors (Lipinski definition) is 5. The molecule has 2 rings (SSSR count). The molecule has 0 spiro atoms. The average molecular weight is 364 g/mol. The van der Waals surface area contributed by atoms with Gasteiger partial charge in [0, 0.05) is 13.1 Å². The highest BCUT2D eigenvalue weighted by atomic mass is 32.2. The molecule has 134 valence electrons. The molecule has 0 aliphatic rings. The molecule has 1 heterocycles. The van der Waals surface area contributed by atoms with Gasteiger partial charge in [-0.2, -0.15) is 0 Å². The van der Waals surface area contributed by atoms with Gasteiger partial charge in [0.1, 0.15) is 11.0 Å². The molecule has 2 aromatic rings. The average Bonchev–Trinajstić information content (AvgIpc) is 3.09. The number of aryl methyl sites for hydroxylation is 1. The molecule has 0 bridgehead atoms. The number of sulfone groups is 1. The standard InChI is InChI=1S/C17H20N2O5S/c1-3-18-16(20)17(21)19-11-15(14-5-4-10-24-14)25(22,23)13-8-6-12(2)7-9-13/h4-10,15H,3,11H2,1-2H3,(H,18,20)(H,19,21)/t15-/m1/s1. The van der Waals surface area contributed by atoms with Gasteiger partial charge in [-0.25, -0.2) is 8.42 Å². The number of rotatable bonds is 6. The molecule has 0 saturated heterocycles. The maximum Gasteiger partial charge on any atom is 0.309 e. The zero-order valence-corrected chi connectivity index (χ0v) is 14.8. The normalized spacial score (nSPS) is 12.4. The van der Waals surface area contributed by atoms with Gasteiger partial charge in [-0.3, -0.25) is 9.59 Å². The molecule has 0 saturated carbocycles. The molecule has 0 unspecified atom stereocenters. The molecule has 0 fully saturated rings. The van der Waals surface area contributed by atoms with Crippen molar-refractivity contribution < 1.29 is 22.4 Å². The molecular weight excluding hydrogens is 344 g/mol. The van der Waals surface area contributed by atoms with Gasteiger partial charge in [0.2, 0.25) is 0 Å². The summed E-state index contributed by atoms with van der Waals surface area (Å²) in [6, 6.07) is 9.49. The van der Waals surface area contributed by atoms with Crippen LogP contribution in [-0.4, -0.2) is 33.3 Å². The number of amides is 2. The highest BCUT2D eigenvalue weighted by Gasteiger charge is 2.32. The maximum absolute atomic E-state index is 12.9. The molecule has 0 radical (unpaired) electrons. The topological polar surface area (TPSA) is 105 Å². The largest absolute Gasteiger partial charge is 0.468 e. The first-order chi connectivity index (χ1) is 11.9. The predicted octanol–water partition coefficient (Wildman–Crippen LogP) is 1.36. The molecule has 0 aliphatic carbocycles. The Morgan fingerprint density at radius 3 is 2.28 bits per heavy atom. The number of likely N-dealkylation sites (N-methyl/N-ethyl adjacent to an activating group) is 1. The summed E-state index contributed by atoms with van der Waals surface area (Å²) in [7, 11) is -3.81. The smallest absolute Gasteiger partial charge is 0.309 e. The lowest BCUT2D eigenvalue weighted by atomic mass is 10.2. The highest BCUT2D eigenvalue weighted by molar-refractivity contribution is 7.91. The van der Waals surface area contributed by atoms with Gasteiger partial charge >= 0.3 is 11.8 Å². The van der Waals surface area contributed by atoms with E-state index in [1.807, 2.05) is 6.92 Å². The van der Waals surface area contributed by atoms with Crippen molar-refractivity contribution in [3.05, 3.63) is 54.0 Å². The van der Waals surface area contributed by atoms with Crippen LogP contribution in [0.25, 0.3) is 0 Å². The van der Waals surface area contributed by atoms with Crippen molar-refractivity contribution >= 4 is 21.7 Å². The van der Waals surface area contributed by atoms with E-state index in [2.05, 4.69) is 10.6 Å². The molecular formula is C17H20N2O5S. The first-order valence-corrected chi connectivity index (χ1v) is 9.31. The van der Waals surface area contributed by atoms with Crippen LogP contribution >= 0.6 is 0 Å². The van der Waals surface area contributed by atoms with E-state index < -0.39 is 26.9 Å². The third-order valence-electron chi connectivity index (χ3n) is 3.58. The molecule has 2 N–H and O–H groups in total. The van der Waals surface area contributed by atoms with E-state index in [1.165, 1.54) is 24.5 Å². The second kappa shape index (κ2) is 7.98. The van der Waals surface area contributed by atoms with Gasteiger partial charge in [0.25, 0.3) is 0 Å². The minimum Gasteiger partial charge on any atom is -0.468 e. The number of hydrogen-bond donors (Lipinski definition) is 2. The summed E-state index contributed by atoms with van der Waals surface area (Å²) >= 11 is 0. The Morgan fingerprint density at radius 1 is 1.08 bits per heavy atom. The molecule has 1 atom stereocenters. The molecule has 25 heavy (non-hydrogen) atoms. The van der Waals surface area contributed by atoms with Crippen LogP contribution in [0.1, 0.15) is 23.5 Å². The quantitative estimate of drug-likeness (QED) is 0.753. The Hall–Kier alpha value is -2.61. The lowest BCUT2D eigenvalue weighted by Crippen LogP contribution is -2.42.